The molecule has 0 amide bonds. The van der Waals surface area contributed by atoms with E-state index < -0.39 is 5.97 Å². The summed E-state index contributed by atoms with van der Waals surface area (Å²) < 4.78 is 5.32. The maximum atomic E-state index is 11.1. The average Bonchev–Trinajstić information content (AvgIpc) is 2.29. The van der Waals surface area contributed by atoms with E-state index in [1.165, 1.54) is 0 Å². The number of hydrogen-bond acceptors (Lipinski definition) is 4. The first-order chi connectivity index (χ1) is 7.70. The Morgan fingerprint density at radius 3 is 3.19 bits per heavy atom. The minimum Gasteiger partial charge on any atom is -0.478 e. The van der Waals surface area contributed by atoms with E-state index in [2.05, 4.69) is 4.98 Å². The van der Waals surface area contributed by atoms with E-state index in [0.717, 1.165) is 0 Å². The molecule has 1 atom stereocenters. The van der Waals surface area contributed by atoms with Crippen molar-refractivity contribution in [3.8, 4) is 0 Å². The van der Waals surface area contributed by atoms with Gasteiger partial charge in [0.1, 0.15) is 11.4 Å². The normalized spacial score (nSPS) is 20.8. The van der Waals surface area contributed by atoms with Gasteiger partial charge in [0.25, 0.3) is 0 Å². The number of pyridine rings is 1. The van der Waals surface area contributed by atoms with Crippen LogP contribution >= 0.6 is 0 Å². The summed E-state index contributed by atoms with van der Waals surface area (Å²) in [5, 5.41) is 9.08. The molecule has 2 heterocycles. The number of hydrogen-bond donors (Lipinski definition) is 1. The zero-order valence-electron chi connectivity index (χ0n) is 9.09. The maximum absolute atomic E-state index is 11.1. The SMILES string of the molecule is CC1COCCN1c1ncccc1C(=O)O. The van der Waals surface area contributed by atoms with Gasteiger partial charge in [0.15, 0.2) is 0 Å². The molecule has 1 aromatic rings. The molecule has 1 aromatic heterocycles. The molecule has 0 spiro atoms. The number of carbonyl (C=O) groups is 1. The smallest absolute Gasteiger partial charge is 0.339 e. The Balaban J connectivity index is 2.34. The predicted molar refractivity (Wildman–Crippen MR) is 58.8 cm³/mol. The van der Waals surface area contributed by atoms with E-state index in [1.807, 2.05) is 11.8 Å². The summed E-state index contributed by atoms with van der Waals surface area (Å²) in [6, 6.07) is 3.37. The highest BCUT2D eigenvalue weighted by molar-refractivity contribution is 5.93. The Bertz CT molecular complexity index is 395. The molecule has 16 heavy (non-hydrogen) atoms. The molecular formula is C11H14N2O3. The molecular weight excluding hydrogens is 208 g/mol. The van der Waals surface area contributed by atoms with E-state index in [1.54, 1.807) is 18.3 Å². The van der Waals surface area contributed by atoms with Crippen molar-refractivity contribution >= 4 is 11.8 Å². The van der Waals surface area contributed by atoms with Crippen molar-refractivity contribution in [2.24, 2.45) is 0 Å². The summed E-state index contributed by atoms with van der Waals surface area (Å²) in [5.74, 6) is -0.410. The van der Waals surface area contributed by atoms with E-state index >= 15 is 0 Å². The molecule has 5 nitrogen and oxygen atoms in total. The first-order valence-corrected chi connectivity index (χ1v) is 5.23. The van der Waals surface area contributed by atoms with Gasteiger partial charge in [0.05, 0.1) is 19.3 Å². The fourth-order valence-electron chi connectivity index (χ4n) is 1.83. The molecule has 0 radical (unpaired) electrons. The largest absolute Gasteiger partial charge is 0.478 e. The van der Waals surface area contributed by atoms with Crippen LogP contribution in [0.1, 0.15) is 17.3 Å². The van der Waals surface area contributed by atoms with Crippen molar-refractivity contribution in [3.63, 3.8) is 0 Å². The first-order valence-electron chi connectivity index (χ1n) is 5.23. The summed E-state index contributed by atoms with van der Waals surface area (Å²) in [4.78, 5) is 17.2. The van der Waals surface area contributed by atoms with Gasteiger partial charge in [-0.1, -0.05) is 0 Å². The van der Waals surface area contributed by atoms with Crippen LogP contribution in [-0.2, 0) is 4.74 Å². The quantitative estimate of drug-likeness (QED) is 0.809. The fraction of sp³-hybridized carbons (Fsp3) is 0.455. The van der Waals surface area contributed by atoms with Gasteiger partial charge >= 0.3 is 5.97 Å². The van der Waals surface area contributed by atoms with Crippen LogP contribution in [0.4, 0.5) is 5.82 Å². The molecule has 2 rings (SSSR count). The van der Waals surface area contributed by atoms with Gasteiger partial charge in [0.2, 0.25) is 0 Å². The van der Waals surface area contributed by atoms with Crippen molar-refractivity contribution in [1.29, 1.82) is 0 Å². The lowest BCUT2D eigenvalue weighted by Gasteiger charge is -2.34. The van der Waals surface area contributed by atoms with Gasteiger partial charge in [0, 0.05) is 12.7 Å². The summed E-state index contributed by atoms with van der Waals surface area (Å²) in [5.41, 5.74) is 0.247. The second-order valence-corrected chi connectivity index (χ2v) is 3.80. The number of carboxylic acids is 1. The molecule has 1 saturated heterocycles. The Morgan fingerprint density at radius 1 is 1.69 bits per heavy atom. The minimum atomic E-state index is -0.943. The topological polar surface area (TPSA) is 62.7 Å². The second-order valence-electron chi connectivity index (χ2n) is 3.80. The predicted octanol–water partition coefficient (Wildman–Crippen LogP) is 1.00. The third-order valence-corrected chi connectivity index (χ3v) is 2.66. The number of anilines is 1. The number of ether oxygens (including phenoxy) is 1. The zero-order chi connectivity index (χ0) is 11.5. The molecule has 0 bridgehead atoms. The van der Waals surface area contributed by atoms with E-state index in [-0.39, 0.29) is 11.6 Å². The standard InChI is InChI=1S/C11H14N2O3/c1-8-7-16-6-5-13(8)10-9(11(14)15)3-2-4-12-10/h2-4,8H,5-7H2,1H3,(H,14,15). The van der Waals surface area contributed by atoms with Gasteiger partial charge < -0.3 is 14.7 Å². The lowest BCUT2D eigenvalue weighted by Crippen LogP contribution is -2.44. The summed E-state index contributed by atoms with van der Waals surface area (Å²) in [6.07, 6.45) is 1.62. The number of rotatable bonds is 2. The molecule has 1 N–H and O–H groups in total. The molecule has 0 aromatic carbocycles. The maximum Gasteiger partial charge on any atom is 0.339 e. The highest BCUT2D eigenvalue weighted by Gasteiger charge is 2.24. The van der Waals surface area contributed by atoms with Gasteiger partial charge in [-0.25, -0.2) is 9.78 Å². The molecule has 1 unspecified atom stereocenters. The fourth-order valence-corrected chi connectivity index (χ4v) is 1.83. The van der Waals surface area contributed by atoms with Crippen LogP contribution in [0.15, 0.2) is 18.3 Å². The Morgan fingerprint density at radius 2 is 2.50 bits per heavy atom. The highest BCUT2D eigenvalue weighted by Crippen LogP contribution is 2.21. The van der Waals surface area contributed by atoms with Crippen LogP contribution in [0.3, 0.4) is 0 Å². The van der Waals surface area contributed by atoms with Crippen LogP contribution in [0.5, 0.6) is 0 Å². The van der Waals surface area contributed by atoms with Crippen molar-refractivity contribution in [1.82, 2.24) is 4.98 Å². The molecule has 1 fully saturated rings. The van der Waals surface area contributed by atoms with E-state index in [4.69, 9.17) is 9.84 Å². The Kier molecular flexibility index (Phi) is 3.05. The summed E-state index contributed by atoms with van der Waals surface area (Å²) in [6.45, 7) is 3.90. The van der Waals surface area contributed by atoms with Crippen LogP contribution in [0, 0.1) is 0 Å². The lowest BCUT2D eigenvalue weighted by atomic mass is 10.2. The number of aromatic nitrogens is 1. The lowest BCUT2D eigenvalue weighted by molar-refractivity contribution is 0.0694. The number of nitrogens with zero attached hydrogens (tertiary/aromatic N) is 2. The monoisotopic (exact) mass is 222 g/mol. The van der Waals surface area contributed by atoms with Crippen molar-refractivity contribution in [2.75, 3.05) is 24.7 Å². The molecule has 0 saturated carbocycles. The molecule has 86 valence electrons. The van der Waals surface area contributed by atoms with Gasteiger partial charge in [-0.2, -0.15) is 0 Å². The van der Waals surface area contributed by atoms with Crippen LogP contribution in [0.25, 0.3) is 0 Å². The molecule has 5 heteroatoms. The van der Waals surface area contributed by atoms with Gasteiger partial charge in [-0.05, 0) is 19.1 Å². The number of morpholine rings is 1. The average molecular weight is 222 g/mol. The van der Waals surface area contributed by atoms with Crippen LogP contribution < -0.4 is 4.90 Å². The third kappa shape index (κ3) is 1.99. The number of carboxylic acid groups (broad SMARTS) is 1. The van der Waals surface area contributed by atoms with Crippen molar-refractivity contribution in [3.05, 3.63) is 23.9 Å². The van der Waals surface area contributed by atoms with Crippen molar-refractivity contribution < 1.29 is 14.6 Å². The molecule has 1 aliphatic heterocycles. The van der Waals surface area contributed by atoms with E-state index in [9.17, 15) is 4.79 Å². The minimum absolute atomic E-state index is 0.154. The van der Waals surface area contributed by atoms with Gasteiger partial charge in [-0.3, -0.25) is 0 Å². The van der Waals surface area contributed by atoms with E-state index in [0.29, 0.717) is 25.6 Å². The number of aromatic carboxylic acids is 1. The third-order valence-electron chi connectivity index (χ3n) is 2.66. The molecule has 1 aliphatic rings. The van der Waals surface area contributed by atoms with Gasteiger partial charge in [-0.15, -0.1) is 0 Å². The van der Waals surface area contributed by atoms with Crippen LogP contribution in [0.2, 0.25) is 0 Å². The Labute approximate surface area is 93.7 Å². The Hall–Kier alpha value is -1.62. The second kappa shape index (κ2) is 4.49. The van der Waals surface area contributed by atoms with Crippen molar-refractivity contribution in [2.45, 2.75) is 13.0 Å². The first kappa shape index (κ1) is 10.9. The zero-order valence-corrected chi connectivity index (χ0v) is 9.09. The molecule has 0 aliphatic carbocycles. The summed E-state index contributed by atoms with van der Waals surface area (Å²) in [7, 11) is 0. The summed E-state index contributed by atoms with van der Waals surface area (Å²) >= 11 is 0. The van der Waals surface area contributed by atoms with Crippen LogP contribution in [-0.4, -0.2) is 41.9 Å². The highest BCUT2D eigenvalue weighted by atomic mass is 16.5.